The van der Waals surface area contributed by atoms with E-state index in [4.69, 9.17) is 4.74 Å². The maximum Gasteiger partial charge on any atom is 0.0884 e. The monoisotopic (exact) mass is 400 g/mol. The molecule has 0 heterocycles. The number of ether oxygens (including phenoxy) is 1. The molecular weight excluding hydrogens is 364 g/mol. The Bertz CT molecular complexity index is 734. The van der Waals surface area contributed by atoms with E-state index in [9.17, 15) is 15.3 Å². The summed E-state index contributed by atoms with van der Waals surface area (Å²) < 4.78 is 5.67. The summed E-state index contributed by atoms with van der Waals surface area (Å²) in [5, 5.41) is 30.6. The molecule has 1 aromatic carbocycles. The highest BCUT2D eigenvalue weighted by Gasteiger charge is 2.40. The van der Waals surface area contributed by atoms with Gasteiger partial charge in [0.2, 0.25) is 0 Å². The summed E-state index contributed by atoms with van der Waals surface area (Å²) in [7, 11) is 1.79. The molecule has 0 spiro atoms. The van der Waals surface area contributed by atoms with Gasteiger partial charge in [0, 0.05) is 18.9 Å². The molecule has 2 aliphatic carbocycles. The number of hydrogen-bond donors (Lipinski definition) is 3. The van der Waals surface area contributed by atoms with E-state index in [1.54, 1.807) is 14.0 Å². The van der Waals surface area contributed by atoms with Gasteiger partial charge in [-0.1, -0.05) is 49.4 Å². The molecule has 160 valence electrons. The number of aliphatic hydroxyl groups is 3. The van der Waals surface area contributed by atoms with Crippen LogP contribution >= 0.6 is 0 Å². The van der Waals surface area contributed by atoms with Gasteiger partial charge in [0.1, 0.15) is 0 Å². The van der Waals surface area contributed by atoms with Crippen molar-refractivity contribution in [3.05, 3.63) is 59.2 Å². The lowest BCUT2D eigenvalue weighted by Gasteiger charge is -2.40. The minimum atomic E-state index is -1.20. The van der Waals surface area contributed by atoms with Crippen molar-refractivity contribution in [3.63, 3.8) is 0 Å². The molecule has 0 aromatic heterocycles. The second-order valence-corrected chi connectivity index (χ2v) is 9.28. The van der Waals surface area contributed by atoms with Crippen molar-refractivity contribution in [1.29, 1.82) is 0 Å². The number of rotatable bonds is 7. The Labute approximate surface area is 174 Å². The standard InChI is InChI=1S/C25H36O4/c1-16-5-10-20(24(16)29-4)12-18-6-8-19(9-7-18)13-21-11-17(2)23(27)14-22(21)25(3,28)15-26/h5-11,16,20-24,26-28H,12-15H2,1-4H3/t16-,20-,21+,22-,23-,24+,25-/m0/s1. The first-order chi connectivity index (χ1) is 13.7. The number of hydrogen-bond acceptors (Lipinski definition) is 4. The van der Waals surface area contributed by atoms with Crippen LogP contribution in [0.4, 0.5) is 0 Å². The summed E-state index contributed by atoms with van der Waals surface area (Å²) in [4.78, 5) is 0. The summed E-state index contributed by atoms with van der Waals surface area (Å²) >= 11 is 0. The topological polar surface area (TPSA) is 69.9 Å². The molecule has 3 rings (SSSR count). The molecule has 2 aliphatic rings. The van der Waals surface area contributed by atoms with Crippen molar-refractivity contribution < 1.29 is 20.1 Å². The minimum Gasteiger partial charge on any atom is -0.393 e. The lowest BCUT2D eigenvalue weighted by atomic mass is 9.69. The van der Waals surface area contributed by atoms with Gasteiger partial charge in [-0.3, -0.25) is 0 Å². The Morgan fingerprint density at radius 3 is 2.21 bits per heavy atom. The lowest BCUT2D eigenvalue weighted by Crippen LogP contribution is -2.46. The third-order valence-corrected chi connectivity index (χ3v) is 6.96. The van der Waals surface area contributed by atoms with Crippen LogP contribution in [-0.4, -0.2) is 46.8 Å². The molecule has 3 N–H and O–H groups in total. The number of methoxy groups -OCH3 is 1. The molecule has 4 nitrogen and oxygen atoms in total. The van der Waals surface area contributed by atoms with Gasteiger partial charge in [-0.25, -0.2) is 0 Å². The maximum absolute atomic E-state index is 10.7. The van der Waals surface area contributed by atoms with Crippen molar-refractivity contribution in [3.8, 4) is 0 Å². The van der Waals surface area contributed by atoms with Crippen molar-refractivity contribution in [2.45, 2.75) is 57.8 Å². The van der Waals surface area contributed by atoms with Gasteiger partial charge in [0.05, 0.1) is 24.4 Å². The lowest BCUT2D eigenvalue weighted by molar-refractivity contribution is -0.0755. The summed E-state index contributed by atoms with van der Waals surface area (Å²) in [6, 6.07) is 8.70. The van der Waals surface area contributed by atoms with Crippen molar-refractivity contribution in [1.82, 2.24) is 0 Å². The van der Waals surface area contributed by atoms with Gasteiger partial charge in [-0.15, -0.1) is 0 Å². The summed E-state index contributed by atoms with van der Waals surface area (Å²) in [5.74, 6) is 0.772. The average molecular weight is 401 g/mol. The Morgan fingerprint density at radius 2 is 1.66 bits per heavy atom. The van der Waals surface area contributed by atoms with Crippen LogP contribution in [0, 0.1) is 23.7 Å². The molecule has 4 heteroatoms. The highest BCUT2D eigenvalue weighted by atomic mass is 16.5. The van der Waals surface area contributed by atoms with Crippen LogP contribution in [0.2, 0.25) is 0 Å². The fourth-order valence-electron chi connectivity index (χ4n) is 5.06. The van der Waals surface area contributed by atoms with Gasteiger partial charge >= 0.3 is 0 Å². The van der Waals surface area contributed by atoms with E-state index in [2.05, 4.69) is 49.4 Å². The van der Waals surface area contributed by atoms with Gasteiger partial charge in [-0.05, 0) is 61.6 Å². The first-order valence-corrected chi connectivity index (χ1v) is 10.7. The molecular formula is C25H36O4. The van der Waals surface area contributed by atoms with Crippen LogP contribution in [-0.2, 0) is 17.6 Å². The highest BCUT2D eigenvalue weighted by Crippen LogP contribution is 2.38. The van der Waals surface area contributed by atoms with Crippen molar-refractivity contribution in [2.75, 3.05) is 13.7 Å². The molecule has 7 atom stereocenters. The molecule has 0 radical (unpaired) electrons. The molecule has 0 saturated heterocycles. The number of aliphatic hydroxyl groups excluding tert-OH is 2. The van der Waals surface area contributed by atoms with Crippen LogP contribution in [0.1, 0.15) is 38.3 Å². The van der Waals surface area contributed by atoms with Gasteiger partial charge in [-0.2, -0.15) is 0 Å². The first-order valence-electron chi connectivity index (χ1n) is 10.7. The second-order valence-electron chi connectivity index (χ2n) is 9.28. The Hall–Kier alpha value is -1.46. The quantitative estimate of drug-likeness (QED) is 0.614. The van der Waals surface area contributed by atoms with Crippen LogP contribution in [0.25, 0.3) is 0 Å². The smallest absolute Gasteiger partial charge is 0.0884 e. The molecule has 1 aromatic rings. The van der Waals surface area contributed by atoms with Crippen molar-refractivity contribution >= 4 is 0 Å². The zero-order valence-electron chi connectivity index (χ0n) is 18.1. The maximum atomic E-state index is 10.7. The van der Waals surface area contributed by atoms with E-state index in [1.807, 2.05) is 6.92 Å². The zero-order chi connectivity index (χ0) is 21.2. The van der Waals surface area contributed by atoms with E-state index < -0.39 is 11.7 Å². The van der Waals surface area contributed by atoms with Crippen LogP contribution in [0.3, 0.4) is 0 Å². The molecule has 0 fully saturated rings. The normalized spacial score (nSPS) is 34.1. The van der Waals surface area contributed by atoms with Crippen LogP contribution in [0.15, 0.2) is 48.1 Å². The third-order valence-electron chi connectivity index (χ3n) is 6.96. The molecule has 0 unspecified atom stereocenters. The minimum absolute atomic E-state index is 0.0860. The molecule has 29 heavy (non-hydrogen) atoms. The second kappa shape index (κ2) is 9.13. The predicted molar refractivity (Wildman–Crippen MR) is 116 cm³/mol. The molecule has 0 amide bonds. The molecule has 0 saturated carbocycles. The van der Waals surface area contributed by atoms with E-state index in [1.165, 1.54) is 11.1 Å². The highest BCUT2D eigenvalue weighted by molar-refractivity contribution is 5.27. The van der Waals surface area contributed by atoms with Gasteiger partial charge < -0.3 is 20.1 Å². The largest absolute Gasteiger partial charge is 0.393 e. The SMILES string of the molecule is CO[C@@H]1[C@@H](C)C=C[C@H]1Cc1ccc(C[C@H]2C=C(C)[C@@H](O)C[C@@H]2[C@@](C)(O)CO)cc1. The predicted octanol–water partition coefficient (Wildman–Crippen LogP) is 3.30. The Morgan fingerprint density at radius 1 is 1.07 bits per heavy atom. The summed E-state index contributed by atoms with van der Waals surface area (Å²) in [5.41, 5.74) is 2.24. The Kier molecular flexibility index (Phi) is 7.00. The van der Waals surface area contributed by atoms with E-state index in [0.717, 1.165) is 18.4 Å². The van der Waals surface area contributed by atoms with E-state index in [-0.39, 0.29) is 24.5 Å². The van der Waals surface area contributed by atoms with E-state index in [0.29, 0.717) is 18.3 Å². The van der Waals surface area contributed by atoms with E-state index >= 15 is 0 Å². The molecule has 0 bridgehead atoms. The Balaban J connectivity index is 1.70. The average Bonchev–Trinajstić information content (AvgIpc) is 3.05. The molecule has 0 aliphatic heterocycles. The zero-order valence-corrected chi connectivity index (χ0v) is 18.1. The van der Waals surface area contributed by atoms with Crippen LogP contribution < -0.4 is 0 Å². The van der Waals surface area contributed by atoms with Crippen molar-refractivity contribution in [2.24, 2.45) is 23.7 Å². The first kappa shape index (κ1) is 22.2. The van der Waals surface area contributed by atoms with Gasteiger partial charge in [0.25, 0.3) is 0 Å². The van der Waals surface area contributed by atoms with Gasteiger partial charge in [0.15, 0.2) is 0 Å². The fraction of sp³-hybridized carbons (Fsp3) is 0.600. The fourth-order valence-corrected chi connectivity index (χ4v) is 5.06. The number of benzene rings is 1. The third kappa shape index (κ3) is 5.00. The summed E-state index contributed by atoms with van der Waals surface area (Å²) in [6.45, 7) is 5.49. The number of allylic oxidation sites excluding steroid dienone is 1. The van der Waals surface area contributed by atoms with Crippen LogP contribution in [0.5, 0.6) is 0 Å². The summed E-state index contributed by atoms with van der Waals surface area (Å²) in [6.07, 6.45) is 8.52.